The summed E-state index contributed by atoms with van der Waals surface area (Å²) in [5.74, 6) is 1.50. The van der Waals surface area contributed by atoms with E-state index in [0.29, 0.717) is 48.2 Å². The highest BCUT2D eigenvalue weighted by atomic mass is 16.5. The molecule has 2 aromatic rings. The molecule has 0 aromatic heterocycles. The monoisotopic (exact) mass is 480 g/mol. The average Bonchev–Trinajstić information content (AvgIpc) is 2.87. The number of methoxy groups -OCH3 is 1. The molecule has 0 saturated carbocycles. The van der Waals surface area contributed by atoms with Crippen molar-refractivity contribution in [3.8, 4) is 11.5 Å². The van der Waals surface area contributed by atoms with E-state index in [9.17, 15) is 9.59 Å². The van der Waals surface area contributed by atoms with E-state index in [-0.39, 0.29) is 17.9 Å². The van der Waals surface area contributed by atoms with Crippen molar-refractivity contribution in [3.05, 3.63) is 59.7 Å². The van der Waals surface area contributed by atoms with E-state index in [1.54, 1.807) is 7.11 Å². The molecular weight excluding hydrogens is 440 g/mol. The predicted octanol–water partition coefficient (Wildman–Crippen LogP) is 5.67. The van der Waals surface area contributed by atoms with Crippen molar-refractivity contribution in [2.24, 2.45) is 5.92 Å². The number of rotatable bonds is 5. The first-order valence-electron chi connectivity index (χ1n) is 12.9. The second-order valence-electron chi connectivity index (χ2n) is 9.59. The molecule has 0 bridgehead atoms. The summed E-state index contributed by atoms with van der Waals surface area (Å²) in [6.07, 6.45) is 4.68. The quantitative estimate of drug-likeness (QED) is 0.553. The van der Waals surface area contributed by atoms with Crippen molar-refractivity contribution in [2.45, 2.75) is 58.9 Å². The number of carbonyl (C=O) groups excluding carboxylic acids is 2. The van der Waals surface area contributed by atoms with Gasteiger partial charge in [-0.15, -0.1) is 0 Å². The Bertz CT molecular complexity index is 975. The van der Waals surface area contributed by atoms with Crippen LogP contribution in [0.15, 0.2) is 48.5 Å². The van der Waals surface area contributed by atoms with Gasteiger partial charge in [0.05, 0.1) is 24.3 Å². The number of ether oxygens (including phenoxy) is 2. The summed E-state index contributed by atoms with van der Waals surface area (Å²) >= 11 is 0. The number of hydrogen-bond donors (Lipinski definition) is 0. The summed E-state index contributed by atoms with van der Waals surface area (Å²) in [6.45, 7) is 8.73. The lowest BCUT2D eigenvalue weighted by Crippen LogP contribution is -2.45. The second kappa shape index (κ2) is 13.2. The van der Waals surface area contributed by atoms with E-state index in [1.807, 2.05) is 65.3 Å². The zero-order valence-corrected chi connectivity index (χ0v) is 21.7. The first-order chi connectivity index (χ1) is 17.0. The minimum Gasteiger partial charge on any atom is -0.496 e. The van der Waals surface area contributed by atoms with E-state index in [4.69, 9.17) is 9.47 Å². The summed E-state index contributed by atoms with van der Waals surface area (Å²) < 4.78 is 11.8. The van der Waals surface area contributed by atoms with E-state index in [0.717, 1.165) is 38.6 Å². The fourth-order valence-corrected chi connectivity index (χ4v) is 4.72. The smallest absolute Gasteiger partial charge is 0.257 e. The van der Waals surface area contributed by atoms with Crippen molar-refractivity contribution in [1.29, 1.82) is 0 Å². The fraction of sp³-hybridized carbons (Fsp3) is 0.517. The first kappa shape index (κ1) is 26.6. The number of nitrogens with zero attached hydrogens (tertiary/aromatic N) is 2. The third kappa shape index (κ3) is 7.00. The Hall–Kier alpha value is -3.02. The average molecular weight is 481 g/mol. The lowest BCUT2D eigenvalue weighted by atomic mass is 10.0. The lowest BCUT2D eigenvalue weighted by molar-refractivity contribution is 0.0563. The molecule has 0 spiro atoms. The van der Waals surface area contributed by atoms with Crippen molar-refractivity contribution in [3.63, 3.8) is 0 Å². The van der Waals surface area contributed by atoms with Gasteiger partial charge in [-0.05, 0) is 56.4 Å². The van der Waals surface area contributed by atoms with Gasteiger partial charge in [0.1, 0.15) is 18.1 Å². The summed E-state index contributed by atoms with van der Waals surface area (Å²) in [5, 5.41) is 0. The number of benzene rings is 2. The zero-order valence-electron chi connectivity index (χ0n) is 21.7. The number of para-hydroxylation sites is 2. The van der Waals surface area contributed by atoms with Crippen LogP contribution in [0.1, 0.15) is 73.6 Å². The van der Waals surface area contributed by atoms with Crippen LogP contribution in [0.2, 0.25) is 0 Å². The molecule has 2 aromatic carbocycles. The molecule has 1 atom stereocenters. The van der Waals surface area contributed by atoms with Crippen molar-refractivity contribution in [1.82, 2.24) is 9.80 Å². The van der Waals surface area contributed by atoms with Crippen LogP contribution in [0.3, 0.4) is 0 Å². The van der Waals surface area contributed by atoms with Gasteiger partial charge in [0, 0.05) is 19.6 Å². The molecule has 0 saturated heterocycles. The summed E-state index contributed by atoms with van der Waals surface area (Å²) in [4.78, 5) is 31.0. The van der Waals surface area contributed by atoms with Gasteiger partial charge in [-0.25, -0.2) is 0 Å². The van der Waals surface area contributed by atoms with E-state index in [1.165, 1.54) is 0 Å². The number of carbonyl (C=O) groups is 2. The van der Waals surface area contributed by atoms with Crippen LogP contribution in [-0.2, 0) is 0 Å². The molecule has 1 aliphatic heterocycles. The molecule has 1 aliphatic rings. The lowest BCUT2D eigenvalue weighted by Gasteiger charge is -2.34. The minimum atomic E-state index is -0.124. The Morgan fingerprint density at radius 3 is 2.43 bits per heavy atom. The van der Waals surface area contributed by atoms with Gasteiger partial charge in [-0.2, -0.15) is 0 Å². The molecular formula is C29H40N2O4. The Kier molecular flexibility index (Phi) is 10.0. The van der Waals surface area contributed by atoms with Gasteiger partial charge >= 0.3 is 0 Å². The highest BCUT2D eigenvalue weighted by Gasteiger charge is 2.29. The van der Waals surface area contributed by atoms with Crippen molar-refractivity contribution < 1.29 is 19.1 Å². The molecule has 0 fully saturated rings. The van der Waals surface area contributed by atoms with Crippen molar-refractivity contribution >= 4 is 11.8 Å². The van der Waals surface area contributed by atoms with Crippen LogP contribution in [0.5, 0.6) is 11.5 Å². The summed E-state index contributed by atoms with van der Waals surface area (Å²) in [7, 11) is 1.59. The van der Waals surface area contributed by atoms with Gasteiger partial charge in [-0.1, -0.05) is 51.0 Å². The maximum Gasteiger partial charge on any atom is 0.257 e. The fourth-order valence-electron chi connectivity index (χ4n) is 4.72. The molecule has 35 heavy (non-hydrogen) atoms. The van der Waals surface area contributed by atoms with Gasteiger partial charge < -0.3 is 19.3 Å². The van der Waals surface area contributed by atoms with Crippen LogP contribution in [0, 0.1) is 5.92 Å². The van der Waals surface area contributed by atoms with Gasteiger partial charge in [0.15, 0.2) is 0 Å². The molecule has 6 nitrogen and oxygen atoms in total. The van der Waals surface area contributed by atoms with Crippen molar-refractivity contribution in [2.75, 3.05) is 33.4 Å². The van der Waals surface area contributed by atoms with Crippen LogP contribution < -0.4 is 9.47 Å². The summed E-state index contributed by atoms with van der Waals surface area (Å²) in [6, 6.07) is 14.7. The van der Waals surface area contributed by atoms with Crippen LogP contribution in [-0.4, -0.2) is 61.0 Å². The normalized spacial score (nSPS) is 18.0. The molecule has 0 unspecified atom stereocenters. The molecule has 0 aliphatic carbocycles. The molecule has 0 radical (unpaired) electrons. The third-order valence-electron chi connectivity index (χ3n) is 6.58. The van der Waals surface area contributed by atoms with E-state index in [2.05, 4.69) is 13.8 Å². The highest BCUT2D eigenvalue weighted by Crippen LogP contribution is 2.26. The molecule has 3 rings (SSSR count). The van der Waals surface area contributed by atoms with Crippen LogP contribution in [0.4, 0.5) is 0 Å². The Morgan fingerprint density at radius 1 is 1.03 bits per heavy atom. The topological polar surface area (TPSA) is 59.1 Å². The second-order valence-corrected chi connectivity index (χ2v) is 9.59. The maximum absolute atomic E-state index is 13.8. The summed E-state index contributed by atoms with van der Waals surface area (Å²) in [5.41, 5.74) is 1.15. The number of hydrogen-bond acceptors (Lipinski definition) is 4. The van der Waals surface area contributed by atoms with Gasteiger partial charge in [0.25, 0.3) is 11.8 Å². The third-order valence-corrected chi connectivity index (χ3v) is 6.58. The SMILES string of the molecule is CCN1CCCCCCN(C(=O)c2ccccc2OC)[C@@H](CC(C)C)COc2ccccc2C1=O. The zero-order chi connectivity index (χ0) is 25.2. The molecule has 2 amide bonds. The van der Waals surface area contributed by atoms with E-state index < -0.39 is 0 Å². The van der Waals surface area contributed by atoms with E-state index >= 15 is 0 Å². The van der Waals surface area contributed by atoms with Crippen LogP contribution in [0.25, 0.3) is 0 Å². The Morgan fingerprint density at radius 2 is 1.71 bits per heavy atom. The van der Waals surface area contributed by atoms with Gasteiger partial charge in [-0.3, -0.25) is 9.59 Å². The predicted molar refractivity (Wildman–Crippen MR) is 139 cm³/mol. The maximum atomic E-state index is 13.8. The number of amides is 2. The molecule has 1 heterocycles. The first-order valence-corrected chi connectivity index (χ1v) is 12.9. The molecule has 190 valence electrons. The number of fused-ring (bicyclic) bond motifs is 1. The van der Waals surface area contributed by atoms with Gasteiger partial charge in [0.2, 0.25) is 0 Å². The Labute approximate surface area is 210 Å². The Balaban J connectivity index is 1.96. The standard InChI is InChI=1S/C29H40N2O4/c1-5-30-18-12-6-7-13-19-31(29(33)24-14-8-10-16-26(24)34-4)23(20-22(2)3)21-35-27-17-11-9-15-25(27)28(30)32/h8-11,14-17,22-23H,5-7,12-13,18-21H2,1-4H3/t23-/m0/s1. The minimum absolute atomic E-state index is 0.00234. The largest absolute Gasteiger partial charge is 0.496 e. The molecule has 6 heteroatoms. The highest BCUT2D eigenvalue weighted by molar-refractivity contribution is 5.97. The molecule has 0 N–H and O–H groups in total. The van der Waals surface area contributed by atoms with Crippen LogP contribution >= 0.6 is 0 Å².